The van der Waals surface area contributed by atoms with Gasteiger partial charge >= 0.3 is 0 Å². The van der Waals surface area contributed by atoms with Gasteiger partial charge in [0.25, 0.3) is 5.91 Å². The molecule has 0 aliphatic carbocycles. The molecule has 0 aromatic carbocycles. The summed E-state index contributed by atoms with van der Waals surface area (Å²) in [5.41, 5.74) is 0.125. The molecular formula is C12H14Cl2N2O3. The minimum absolute atomic E-state index is 0.104. The summed E-state index contributed by atoms with van der Waals surface area (Å²) >= 11 is 11.8. The van der Waals surface area contributed by atoms with Gasteiger partial charge in [-0.15, -0.1) is 0 Å². The second-order valence-corrected chi connectivity index (χ2v) is 5.20. The number of carbonyl (C=O) groups is 1. The zero-order chi connectivity index (χ0) is 14.0. The van der Waals surface area contributed by atoms with Gasteiger partial charge in [0.2, 0.25) is 0 Å². The Hall–Kier alpha value is -0.880. The number of carbonyl (C=O) groups excluding carboxylic acids is 1. The molecule has 0 spiro atoms. The quantitative estimate of drug-likeness (QED) is 0.843. The Morgan fingerprint density at radius 1 is 1.58 bits per heavy atom. The van der Waals surface area contributed by atoms with Gasteiger partial charge in [0.15, 0.2) is 0 Å². The molecule has 1 saturated heterocycles. The van der Waals surface area contributed by atoms with Crippen LogP contribution in [-0.2, 0) is 4.74 Å². The second kappa shape index (κ2) is 6.05. The molecule has 2 unspecified atom stereocenters. The molecule has 2 atom stereocenters. The van der Waals surface area contributed by atoms with E-state index in [4.69, 9.17) is 33.0 Å². The normalized spacial score (nSPS) is 23.5. The summed E-state index contributed by atoms with van der Waals surface area (Å²) in [6.07, 6.45) is -0.377. The number of aromatic nitrogens is 1. The molecule has 1 amide bonds. The highest BCUT2D eigenvalue weighted by Crippen LogP contribution is 2.21. The van der Waals surface area contributed by atoms with Crippen LogP contribution in [0.2, 0.25) is 10.2 Å². The SMILES string of the molecule is CC1COC(CO)CN1C(=O)c1nc(Cl)ccc1Cl. The van der Waals surface area contributed by atoms with Crippen molar-refractivity contribution in [3.8, 4) is 0 Å². The molecule has 5 nitrogen and oxygen atoms in total. The largest absolute Gasteiger partial charge is 0.394 e. The molecule has 1 N–H and O–H groups in total. The average molecular weight is 305 g/mol. The predicted octanol–water partition coefficient (Wildman–Crippen LogP) is 1.61. The van der Waals surface area contributed by atoms with Crippen molar-refractivity contribution >= 4 is 29.1 Å². The van der Waals surface area contributed by atoms with Gasteiger partial charge < -0.3 is 14.7 Å². The molecule has 1 aliphatic rings. The standard InChI is InChI=1S/C12H14Cl2N2O3/c1-7-6-19-8(5-17)4-16(7)12(18)11-9(13)2-3-10(14)15-11/h2-3,7-8,17H,4-6H2,1H3. The Kier molecular flexibility index (Phi) is 4.62. The van der Waals surface area contributed by atoms with Gasteiger partial charge in [0, 0.05) is 6.54 Å². The van der Waals surface area contributed by atoms with E-state index in [1.54, 1.807) is 11.0 Å². The lowest BCUT2D eigenvalue weighted by Gasteiger charge is -2.37. The van der Waals surface area contributed by atoms with Gasteiger partial charge in [0.05, 0.1) is 30.4 Å². The molecule has 0 bridgehead atoms. The topological polar surface area (TPSA) is 62.7 Å². The molecule has 1 aromatic heterocycles. The second-order valence-electron chi connectivity index (χ2n) is 4.41. The van der Waals surface area contributed by atoms with Crippen molar-refractivity contribution in [3.05, 3.63) is 28.0 Å². The predicted molar refractivity (Wildman–Crippen MR) is 71.6 cm³/mol. The van der Waals surface area contributed by atoms with Crippen molar-refractivity contribution < 1.29 is 14.6 Å². The zero-order valence-electron chi connectivity index (χ0n) is 10.3. The molecule has 0 saturated carbocycles. The van der Waals surface area contributed by atoms with Crippen LogP contribution in [0.5, 0.6) is 0 Å². The van der Waals surface area contributed by atoms with Crippen LogP contribution in [0.15, 0.2) is 12.1 Å². The number of nitrogens with zero attached hydrogens (tertiary/aromatic N) is 2. The Morgan fingerprint density at radius 2 is 2.32 bits per heavy atom. The van der Waals surface area contributed by atoms with Gasteiger partial charge in [-0.3, -0.25) is 4.79 Å². The van der Waals surface area contributed by atoms with Crippen LogP contribution in [0.1, 0.15) is 17.4 Å². The molecule has 7 heteroatoms. The number of aliphatic hydroxyl groups excluding tert-OH is 1. The number of pyridine rings is 1. The van der Waals surface area contributed by atoms with E-state index in [1.165, 1.54) is 6.07 Å². The summed E-state index contributed by atoms with van der Waals surface area (Å²) in [7, 11) is 0. The van der Waals surface area contributed by atoms with Gasteiger partial charge in [-0.2, -0.15) is 0 Å². The summed E-state index contributed by atoms with van der Waals surface area (Å²) in [5.74, 6) is -0.304. The molecule has 2 heterocycles. The maximum atomic E-state index is 12.4. The Morgan fingerprint density at radius 3 is 3.00 bits per heavy atom. The molecule has 1 fully saturated rings. The molecular weight excluding hydrogens is 291 g/mol. The number of hydrogen-bond acceptors (Lipinski definition) is 4. The van der Waals surface area contributed by atoms with Crippen molar-refractivity contribution in [2.75, 3.05) is 19.8 Å². The molecule has 104 valence electrons. The van der Waals surface area contributed by atoms with E-state index in [9.17, 15) is 4.79 Å². The third kappa shape index (κ3) is 3.17. The average Bonchev–Trinajstić information content (AvgIpc) is 2.41. The van der Waals surface area contributed by atoms with Crippen molar-refractivity contribution in [1.82, 2.24) is 9.88 Å². The smallest absolute Gasteiger partial charge is 0.274 e. The van der Waals surface area contributed by atoms with Crippen LogP contribution in [0.25, 0.3) is 0 Å². The van der Waals surface area contributed by atoms with E-state index in [0.717, 1.165) is 0 Å². The lowest BCUT2D eigenvalue weighted by atomic mass is 10.1. The minimum Gasteiger partial charge on any atom is -0.394 e. The summed E-state index contributed by atoms with van der Waals surface area (Å²) in [6.45, 7) is 2.41. The molecule has 0 radical (unpaired) electrons. The van der Waals surface area contributed by atoms with E-state index >= 15 is 0 Å². The monoisotopic (exact) mass is 304 g/mol. The first-order valence-electron chi connectivity index (χ1n) is 5.88. The maximum absolute atomic E-state index is 12.4. The molecule has 19 heavy (non-hydrogen) atoms. The van der Waals surface area contributed by atoms with Crippen molar-refractivity contribution in [2.24, 2.45) is 0 Å². The number of hydrogen-bond donors (Lipinski definition) is 1. The number of rotatable bonds is 2. The summed E-state index contributed by atoms with van der Waals surface area (Å²) in [6, 6.07) is 2.96. The van der Waals surface area contributed by atoms with Crippen LogP contribution in [0.3, 0.4) is 0 Å². The number of amides is 1. The Bertz CT molecular complexity index is 484. The first-order valence-corrected chi connectivity index (χ1v) is 6.64. The van der Waals surface area contributed by atoms with E-state index < -0.39 is 0 Å². The van der Waals surface area contributed by atoms with E-state index in [-0.39, 0.29) is 40.5 Å². The zero-order valence-corrected chi connectivity index (χ0v) is 11.9. The number of morpholine rings is 1. The third-order valence-electron chi connectivity index (χ3n) is 2.98. The number of ether oxygens (including phenoxy) is 1. The van der Waals surface area contributed by atoms with Crippen molar-refractivity contribution in [1.29, 1.82) is 0 Å². The lowest BCUT2D eigenvalue weighted by molar-refractivity contribution is -0.0668. The Balaban J connectivity index is 2.24. The van der Waals surface area contributed by atoms with Gasteiger partial charge in [-0.1, -0.05) is 23.2 Å². The fourth-order valence-corrected chi connectivity index (χ4v) is 2.25. The summed E-state index contributed by atoms with van der Waals surface area (Å²) in [4.78, 5) is 18.0. The molecule has 2 rings (SSSR count). The number of halogens is 2. The fraction of sp³-hybridized carbons (Fsp3) is 0.500. The molecule has 1 aromatic rings. The fourth-order valence-electron chi connectivity index (χ4n) is 1.92. The third-order valence-corrected chi connectivity index (χ3v) is 3.50. The number of aliphatic hydroxyl groups is 1. The van der Waals surface area contributed by atoms with Crippen LogP contribution >= 0.6 is 23.2 Å². The van der Waals surface area contributed by atoms with E-state index in [0.29, 0.717) is 13.2 Å². The van der Waals surface area contributed by atoms with Crippen molar-refractivity contribution in [3.63, 3.8) is 0 Å². The highest BCUT2D eigenvalue weighted by Gasteiger charge is 2.31. The van der Waals surface area contributed by atoms with Crippen LogP contribution < -0.4 is 0 Å². The first kappa shape index (κ1) is 14.5. The molecule has 1 aliphatic heterocycles. The highest BCUT2D eigenvalue weighted by atomic mass is 35.5. The first-order chi connectivity index (χ1) is 9.02. The van der Waals surface area contributed by atoms with Gasteiger partial charge in [0.1, 0.15) is 10.8 Å². The van der Waals surface area contributed by atoms with Crippen LogP contribution in [0.4, 0.5) is 0 Å². The van der Waals surface area contributed by atoms with Crippen LogP contribution in [0, 0.1) is 0 Å². The lowest BCUT2D eigenvalue weighted by Crippen LogP contribution is -2.52. The minimum atomic E-state index is -0.377. The van der Waals surface area contributed by atoms with E-state index in [2.05, 4.69) is 4.98 Å². The summed E-state index contributed by atoms with van der Waals surface area (Å²) < 4.78 is 5.39. The van der Waals surface area contributed by atoms with Crippen LogP contribution in [-0.4, -0.2) is 52.8 Å². The Labute approximate surface area is 121 Å². The van der Waals surface area contributed by atoms with E-state index in [1.807, 2.05) is 6.92 Å². The highest BCUT2D eigenvalue weighted by molar-refractivity contribution is 6.34. The maximum Gasteiger partial charge on any atom is 0.274 e. The summed E-state index contributed by atoms with van der Waals surface area (Å²) in [5, 5.41) is 9.59. The van der Waals surface area contributed by atoms with Gasteiger partial charge in [-0.25, -0.2) is 4.98 Å². The van der Waals surface area contributed by atoms with Crippen molar-refractivity contribution in [2.45, 2.75) is 19.1 Å². The van der Waals surface area contributed by atoms with Gasteiger partial charge in [-0.05, 0) is 19.1 Å².